The molecule has 0 radical (unpaired) electrons. The van der Waals surface area contributed by atoms with Crippen molar-refractivity contribution in [2.45, 2.75) is 52.7 Å². The minimum absolute atomic E-state index is 0.0981. The van der Waals surface area contributed by atoms with E-state index >= 15 is 0 Å². The Morgan fingerprint density at radius 2 is 2.08 bits per heavy atom. The van der Waals surface area contributed by atoms with Gasteiger partial charge < -0.3 is 15.0 Å². The molecule has 4 nitrogen and oxygen atoms in total. The number of amides is 1. The molecule has 6 heteroatoms. The van der Waals surface area contributed by atoms with Crippen LogP contribution in [0.5, 0.6) is 0 Å². The molecule has 0 bridgehead atoms. The summed E-state index contributed by atoms with van der Waals surface area (Å²) in [6.07, 6.45) is 0.476. The molecule has 0 aliphatic carbocycles. The molecular formula is C18H28BrFN2O2. The number of benzene rings is 1. The van der Waals surface area contributed by atoms with E-state index in [2.05, 4.69) is 21.2 Å². The molecule has 1 aromatic rings. The van der Waals surface area contributed by atoms with Gasteiger partial charge in [0.15, 0.2) is 0 Å². The monoisotopic (exact) mass is 402 g/mol. The van der Waals surface area contributed by atoms with Crippen molar-refractivity contribution >= 4 is 22.0 Å². The van der Waals surface area contributed by atoms with Gasteiger partial charge in [0.1, 0.15) is 11.4 Å². The molecule has 0 saturated heterocycles. The number of halogens is 2. The van der Waals surface area contributed by atoms with E-state index in [1.165, 1.54) is 6.07 Å². The fraction of sp³-hybridized carbons (Fsp3) is 0.611. The number of hydrogen-bond donors (Lipinski definition) is 1. The maximum Gasteiger partial charge on any atom is 0.410 e. The van der Waals surface area contributed by atoms with Crippen LogP contribution in [-0.4, -0.2) is 36.2 Å². The summed E-state index contributed by atoms with van der Waals surface area (Å²) in [5, 5.41) is 3.29. The molecule has 0 aliphatic heterocycles. The zero-order chi connectivity index (χ0) is 18.3. The number of ether oxygens (including phenoxy) is 1. The normalized spacial score (nSPS) is 12.8. The van der Waals surface area contributed by atoms with Gasteiger partial charge in [-0.1, -0.05) is 15.9 Å². The predicted octanol–water partition coefficient (Wildman–Crippen LogP) is 4.89. The summed E-state index contributed by atoms with van der Waals surface area (Å²) in [5.74, 6) is -0.220. The van der Waals surface area contributed by atoms with Crippen molar-refractivity contribution < 1.29 is 13.9 Å². The Labute approximate surface area is 152 Å². The van der Waals surface area contributed by atoms with E-state index in [0.29, 0.717) is 25.2 Å². The van der Waals surface area contributed by atoms with E-state index in [9.17, 15) is 9.18 Å². The van der Waals surface area contributed by atoms with Crippen molar-refractivity contribution in [3.63, 3.8) is 0 Å². The van der Waals surface area contributed by atoms with Crippen LogP contribution in [0, 0.1) is 5.82 Å². The summed E-state index contributed by atoms with van der Waals surface area (Å²) < 4.78 is 20.1. The third-order valence-electron chi connectivity index (χ3n) is 3.51. The van der Waals surface area contributed by atoms with Crippen LogP contribution < -0.4 is 5.32 Å². The van der Waals surface area contributed by atoms with Gasteiger partial charge in [-0.2, -0.15) is 0 Å². The smallest absolute Gasteiger partial charge is 0.410 e. The molecule has 0 fully saturated rings. The van der Waals surface area contributed by atoms with Crippen molar-refractivity contribution in [3.05, 3.63) is 34.1 Å². The van der Waals surface area contributed by atoms with Crippen molar-refractivity contribution in [1.82, 2.24) is 10.2 Å². The second-order valence-electron chi connectivity index (χ2n) is 6.76. The quantitative estimate of drug-likeness (QED) is 0.660. The predicted molar refractivity (Wildman–Crippen MR) is 98.6 cm³/mol. The molecule has 0 spiro atoms. The molecule has 136 valence electrons. The van der Waals surface area contributed by atoms with Gasteiger partial charge in [-0.15, -0.1) is 0 Å². The Kier molecular flexibility index (Phi) is 8.16. The largest absolute Gasteiger partial charge is 0.444 e. The zero-order valence-corrected chi connectivity index (χ0v) is 16.7. The first-order valence-corrected chi connectivity index (χ1v) is 9.09. The van der Waals surface area contributed by atoms with Gasteiger partial charge in [-0.25, -0.2) is 9.18 Å². The minimum Gasteiger partial charge on any atom is -0.444 e. The van der Waals surface area contributed by atoms with Gasteiger partial charge in [0.05, 0.1) is 0 Å². The van der Waals surface area contributed by atoms with Crippen molar-refractivity contribution in [1.29, 1.82) is 0 Å². The van der Waals surface area contributed by atoms with Crippen LogP contribution in [0.4, 0.5) is 9.18 Å². The second-order valence-corrected chi connectivity index (χ2v) is 7.67. The third-order valence-corrected chi connectivity index (χ3v) is 4.01. The van der Waals surface area contributed by atoms with E-state index < -0.39 is 5.60 Å². The lowest BCUT2D eigenvalue weighted by atomic mass is 10.1. The number of carbonyl (C=O) groups excluding carboxylic acids is 1. The van der Waals surface area contributed by atoms with Gasteiger partial charge in [0, 0.05) is 29.2 Å². The zero-order valence-electron chi connectivity index (χ0n) is 15.2. The SMILES string of the molecule is CCN(CCCNC(C)c1cc(Br)ccc1F)C(=O)OC(C)(C)C. The molecule has 1 unspecified atom stereocenters. The molecule has 0 heterocycles. The summed E-state index contributed by atoms with van der Waals surface area (Å²) >= 11 is 3.36. The van der Waals surface area contributed by atoms with Gasteiger partial charge in [0.25, 0.3) is 0 Å². The number of nitrogens with zero attached hydrogens (tertiary/aromatic N) is 1. The van der Waals surface area contributed by atoms with Crippen molar-refractivity contribution in [3.8, 4) is 0 Å². The highest BCUT2D eigenvalue weighted by atomic mass is 79.9. The van der Waals surface area contributed by atoms with E-state index in [1.807, 2.05) is 34.6 Å². The van der Waals surface area contributed by atoms with Crippen LogP contribution >= 0.6 is 15.9 Å². The molecule has 0 saturated carbocycles. The minimum atomic E-state index is -0.491. The van der Waals surface area contributed by atoms with E-state index in [4.69, 9.17) is 4.74 Å². The van der Waals surface area contributed by atoms with Crippen LogP contribution in [0.25, 0.3) is 0 Å². The Hall–Kier alpha value is -1.14. The van der Waals surface area contributed by atoms with E-state index in [1.54, 1.807) is 17.0 Å². The standard InChI is InChI=1S/C18H28BrFN2O2/c1-6-22(17(23)24-18(3,4)5)11-7-10-21-13(2)15-12-14(19)8-9-16(15)20/h8-9,12-13,21H,6-7,10-11H2,1-5H3. The van der Waals surface area contributed by atoms with Crippen LogP contribution in [-0.2, 0) is 4.74 Å². The highest BCUT2D eigenvalue weighted by Gasteiger charge is 2.20. The number of carbonyl (C=O) groups is 1. The Balaban J connectivity index is 2.43. The molecule has 0 aliphatic rings. The van der Waals surface area contributed by atoms with Crippen LogP contribution in [0.2, 0.25) is 0 Å². The Morgan fingerprint density at radius 3 is 2.67 bits per heavy atom. The summed E-state index contributed by atoms with van der Waals surface area (Å²) in [7, 11) is 0. The average Bonchev–Trinajstić information content (AvgIpc) is 2.47. The van der Waals surface area contributed by atoms with Gasteiger partial charge in [-0.3, -0.25) is 0 Å². The van der Waals surface area contributed by atoms with Crippen LogP contribution in [0.15, 0.2) is 22.7 Å². The lowest BCUT2D eigenvalue weighted by Crippen LogP contribution is -2.38. The number of nitrogens with one attached hydrogen (secondary N) is 1. The first kappa shape index (κ1) is 20.9. The molecule has 1 N–H and O–H groups in total. The molecule has 1 amide bonds. The first-order valence-electron chi connectivity index (χ1n) is 8.30. The molecule has 0 aromatic heterocycles. The summed E-state index contributed by atoms with van der Waals surface area (Å²) in [5.41, 5.74) is 0.138. The maximum absolute atomic E-state index is 13.8. The Morgan fingerprint density at radius 1 is 1.42 bits per heavy atom. The molecule has 1 rings (SSSR count). The number of rotatable bonds is 7. The lowest BCUT2D eigenvalue weighted by molar-refractivity contribution is 0.0258. The van der Waals surface area contributed by atoms with E-state index in [-0.39, 0.29) is 18.0 Å². The molecule has 1 atom stereocenters. The van der Waals surface area contributed by atoms with Crippen molar-refractivity contribution in [2.24, 2.45) is 0 Å². The number of hydrogen-bond acceptors (Lipinski definition) is 3. The maximum atomic E-state index is 13.8. The topological polar surface area (TPSA) is 41.6 Å². The third kappa shape index (κ3) is 7.18. The fourth-order valence-corrected chi connectivity index (χ4v) is 2.63. The first-order chi connectivity index (χ1) is 11.1. The van der Waals surface area contributed by atoms with Crippen LogP contribution in [0.3, 0.4) is 0 Å². The molecular weight excluding hydrogens is 375 g/mol. The fourth-order valence-electron chi connectivity index (χ4n) is 2.25. The van der Waals surface area contributed by atoms with E-state index in [0.717, 1.165) is 10.9 Å². The van der Waals surface area contributed by atoms with Crippen LogP contribution in [0.1, 0.15) is 52.6 Å². The van der Waals surface area contributed by atoms with Gasteiger partial charge >= 0.3 is 6.09 Å². The summed E-state index contributed by atoms with van der Waals surface area (Å²) in [6.45, 7) is 11.3. The summed E-state index contributed by atoms with van der Waals surface area (Å²) in [6, 6.07) is 4.83. The van der Waals surface area contributed by atoms with Gasteiger partial charge in [0.2, 0.25) is 0 Å². The average molecular weight is 403 g/mol. The highest BCUT2D eigenvalue weighted by Crippen LogP contribution is 2.21. The summed E-state index contributed by atoms with van der Waals surface area (Å²) in [4.78, 5) is 13.7. The second kappa shape index (κ2) is 9.37. The lowest BCUT2D eigenvalue weighted by Gasteiger charge is -2.26. The highest BCUT2D eigenvalue weighted by molar-refractivity contribution is 9.10. The van der Waals surface area contributed by atoms with Gasteiger partial charge in [-0.05, 0) is 65.8 Å². The van der Waals surface area contributed by atoms with Crippen molar-refractivity contribution in [2.75, 3.05) is 19.6 Å². The molecule has 1 aromatic carbocycles. The molecule has 24 heavy (non-hydrogen) atoms. The Bertz CT molecular complexity index is 546.